The number of carbonyl (C=O) groups excluding carboxylic acids is 1. The van der Waals surface area contributed by atoms with Crippen molar-refractivity contribution in [3.63, 3.8) is 0 Å². The summed E-state index contributed by atoms with van der Waals surface area (Å²) in [4.78, 5) is 11.6. The van der Waals surface area contributed by atoms with Gasteiger partial charge in [0.15, 0.2) is 0 Å². The fourth-order valence-electron chi connectivity index (χ4n) is 3.24. The van der Waals surface area contributed by atoms with Gasteiger partial charge in [0.05, 0.1) is 112 Å². The quantitative estimate of drug-likeness (QED) is 0.0810. The average Bonchev–Trinajstić information content (AvgIpc) is 2.96. The molecule has 0 rings (SSSR count). The molecular formula is C29H58O11. The van der Waals surface area contributed by atoms with E-state index in [-0.39, 0.29) is 5.97 Å². The van der Waals surface area contributed by atoms with E-state index in [1.165, 1.54) is 25.7 Å². The fraction of sp³-hybridized carbons (Fsp3) is 0.966. The van der Waals surface area contributed by atoms with E-state index in [1.807, 2.05) is 6.92 Å². The van der Waals surface area contributed by atoms with Gasteiger partial charge in [-0.15, -0.1) is 0 Å². The first-order valence-electron chi connectivity index (χ1n) is 15.2. The normalized spacial score (nSPS) is 11.3. The lowest BCUT2D eigenvalue weighted by Crippen LogP contribution is -2.15. The van der Waals surface area contributed by atoms with Crippen molar-refractivity contribution in [1.82, 2.24) is 0 Å². The van der Waals surface area contributed by atoms with Gasteiger partial charge in [-0.25, -0.2) is 0 Å². The lowest BCUT2D eigenvalue weighted by molar-refractivity contribution is -0.145. The molecule has 11 heteroatoms. The highest BCUT2D eigenvalue weighted by molar-refractivity contribution is 5.69. The van der Waals surface area contributed by atoms with E-state index in [2.05, 4.69) is 6.92 Å². The highest BCUT2D eigenvalue weighted by Gasteiger charge is 2.02. The average molecular weight is 583 g/mol. The molecule has 0 aromatic heterocycles. The summed E-state index contributed by atoms with van der Waals surface area (Å²) in [6, 6.07) is 0. The van der Waals surface area contributed by atoms with Crippen LogP contribution in [0, 0.1) is 0 Å². The van der Waals surface area contributed by atoms with Gasteiger partial charge in [-0.3, -0.25) is 4.79 Å². The Morgan fingerprint density at radius 3 is 1.02 bits per heavy atom. The number of hydrogen-bond acceptors (Lipinski definition) is 11. The summed E-state index contributed by atoms with van der Waals surface area (Å²) in [7, 11) is 0. The molecule has 0 saturated carbocycles. The van der Waals surface area contributed by atoms with E-state index in [9.17, 15) is 4.79 Å². The molecule has 40 heavy (non-hydrogen) atoms. The smallest absolute Gasteiger partial charge is 0.305 e. The first-order valence-corrected chi connectivity index (χ1v) is 15.2. The Morgan fingerprint density at radius 1 is 0.375 bits per heavy atom. The highest BCUT2D eigenvalue weighted by Crippen LogP contribution is 2.07. The Balaban J connectivity index is 3.09. The van der Waals surface area contributed by atoms with E-state index < -0.39 is 0 Å². The third-order valence-corrected chi connectivity index (χ3v) is 5.41. The zero-order chi connectivity index (χ0) is 29.0. The summed E-state index contributed by atoms with van der Waals surface area (Å²) in [5.74, 6) is -0.140. The second-order valence-electron chi connectivity index (χ2n) is 8.83. The molecule has 0 amide bonds. The summed E-state index contributed by atoms with van der Waals surface area (Å²) >= 11 is 0. The van der Waals surface area contributed by atoms with Crippen molar-refractivity contribution in [2.75, 3.05) is 126 Å². The molecule has 0 atom stereocenters. The Morgan fingerprint density at radius 2 is 0.675 bits per heavy atom. The molecule has 0 aliphatic carbocycles. The highest BCUT2D eigenvalue weighted by atomic mass is 16.6. The topological polar surface area (TPSA) is 109 Å². The zero-order valence-electron chi connectivity index (χ0n) is 25.4. The van der Waals surface area contributed by atoms with Gasteiger partial charge in [0, 0.05) is 13.0 Å². The van der Waals surface area contributed by atoms with Crippen LogP contribution in [-0.4, -0.2) is 132 Å². The Bertz CT molecular complexity index is 483. The van der Waals surface area contributed by atoms with E-state index >= 15 is 0 Å². The second-order valence-corrected chi connectivity index (χ2v) is 8.83. The maximum Gasteiger partial charge on any atom is 0.305 e. The number of unbranched alkanes of at least 4 members (excludes halogenated alkanes) is 5. The molecule has 0 spiro atoms. The number of carbonyl (C=O) groups is 1. The van der Waals surface area contributed by atoms with Crippen LogP contribution in [0.5, 0.6) is 0 Å². The minimum atomic E-state index is -0.140. The lowest BCUT2D eigenvalue weighted by Gasteiger charge is -2.09. The Hall–Kier alpha value is -0.890. The van der Waals surface area contributed by atoms with Crippen LogP contribution in [0.4, 0.5) is 0 Å². The molecule has 0 aromatic carbocycles. The zero-order valence-corrected chi connectivity index (χ0v) is 25.4. The van der Waals surface area contributed by atoms with Crippen molar-refractivity contribution < 1.29 is 52.2 Å². The third-order valence-electron chi connectivity index (χ3n) is 5.41. The molecule has 0 radical (unpaired) electrons. The number of hydrogen-bond donors (Lipinski definition) is 0. The minimum absolute atomic E-state index is 0.140. The first kappa shape index (κ1) is 39.1. The monoisotopic (exact) mass is 582 g/mol. The number of rotatable bonds is 35. The van der Waals surface area contributed by atoms with Gasteiger partial charge < -0.3 is 47.4 Å². The van der Waals surface area contributed by atoms with Crippen LogP contribution >= 0.6 is 0 Å². The van der Waals surface area contributed by atoms with E-state index in [1.54, 1.807) is 0 Å². The molecule has 11 nitrogen and oxygen atoms in total. The maximum atomic E-state index is 11.6. The van der Waals surface area contributed by atoms with Crippen molar-refractivity contribution in [3.8, 4) is 0 Å². The molecule has 0 saturated heterocycles. The van der Waals surface area contributed by atoms with Crippen LogP contribution in [0.3, 0.4) is 0 Å². The Kier molecular flexibility index (Phi) is 35.3. The minimum Gasteiger partial charge on any atom is -0.463 e. The Labute approximate surface area is 242 Å². The predicted octanol–water partition coefficient (Wildman–Crippen LogP) is 3.45. The summed E-state index contributed by atoms with van der Waals surface area (Å²) in [5, 5.41) is 0. The summed E-state index contributed by atoms with van der Waals surface area (Å²) in [6.45, 7) is 13.9. The van der Waals surface area contributed by atoms with E-state index in [4.69, 9.17) is 47.4 Å². The van der Waals surface area contributed by atoms with Crippen molar-refractivity contribution in [3.05, 3.63) is 0 Å². The summed E-state index contributed by atoms with van der Waals surface area (Å²) in [5.41, 5.74) is 0. The molecule has 0 unspecified atom stereocenters. The molecule has 0 aliphatic heterocycles. The van der Waals surface area contributed by atoms with E-state index in [0.717, 1.165) is 12.8 Å². The maximum absolute atomic E-state index is 11.6. The lowest BCUT2D eigenvalue weighted by atomic mass is 10.1. The van der Waals surface area contributed by atoms with Gasteiger partial charge in [-0.1, -0.05) is 39.0 Å². The fourth-order valence-corrected chi connectivity index (χ4v) is 3.24. The van der Waals surface area contributed by atoms with Crippen LogP contribution in [0.2, 0.25) is 0 Å². The summed E-state index contributed by atoms with van der Waals surface area (Å²) < 4.78 is 53.8. The molecule has 0 aromatic rings. The van der Waals surface area contributed by atoms with Gasteiger partial charge in [-0.05, 0) is 13.3 Å². The second kappa shape index (κ2) is 36.1. The predicted molar refractivity (Wildman–Crippen MR) is 152 cm³/mol. The van der Waals surface area contributed by atoms with Crippen LogP contribution < -0.4 is 0 Å². The van der Waals surface area contributed by atoms with Crippen LogP contribution in [0.1, 0.15) is 58.8 Å². The van der Waals surface area contributed by atoms with Crippen molar-refractivity contribution in [1.29, 1.82) is 0 Å². The van der Waals surface area contributed by atoms with Gasteiger partial charge in [0.25, 0.3) is 0 Å². The molecule has 0 heterocycles. The standard InChI is InChI=1S/C29H58O11/c1-3-5-6-7-8-9-10-29(30)40-28-27-39-26-25-38-24-23-37-22-21-36-20-19-35-18-17-34-16-15-33-14-13-32-12-11-31-4-2/h3-28H2,1-2H3. The SMILES string of the molecule is CCCCCCCCC(=O)OCCOCCOCCOCCOCCOCCOCCOCCOCCOCC. The third kappa shape index (κ3) is 35.1. The van der Waals surface area contributed by atoms with Gasteiger partial charge >= 0.3 is 5.97 Å². The van der Waals surface area contributed by atoms with Crippen LogP contribution in [0.15, 0.2) is 0 Å². The largest absolute Gasteiger partial charge is 0.463 e. The number of esters is 1. The van der Waals surface area contributed by atoms with Gasteiger partial charge in [0.1, 0.15) is 6.61 Å². The van der Waals surface area contributed by atoms with Crippen LogP contribution in [0.25, 0.3) is 0 Å². The molecule has 0 bridgehead atoms. The van der Waals surface area contributed by atoms with E-state index in [0.29, 0.717) is 132 Å². The van der Waals surface area contributed by atoms with Crippen molar-refractivity contribution in [2.45, 2.75) is 58.8 Å². The molecular weight excluding hydrogens is 524 g/mol. The number of ether oxygens (including phenoxy) is 10. The molecule has 0 N–H and O–H groups in total. The van der Waals surface area contributed by atoms with Crippen molar-refractivity contribution >= 4 is 5.97 Å². The van der Waals surface area contributed by atoms with Gasteiger partial charge in [0.2, 0.25) is 0 Å². The first-order chi connectivity index (χ1) is 19.8. The van der Waals surface area contributed by atoms with Gasteiger partial charge in [-0.2, -0.15) is 0 Å². The molecule has 0 aliphatic rings. The van der Waals surface area contributed by atoms with Crippen LogP contribution in [-0.2, 0) is 52.2 Å². The van der Waals surface area contributed by atoms with Crippen molar-refractivity contribution in [2.24, 2.45) is 0 Å². The molecule has 240 valence electrons. The summed E-state index contributed by atoms with van der Waals surface area (Å²) in [6.07, 6.45) is 7.45. The molecule has 0 fully saturated rings.